The van der Waals surface area contributed by atoms with Crippen molar-refractivity contribution in [3.63, 3.8) is 0 Å². The van der Waals surface area contributed by atoms with Crippen LogP contribution < -0.4 is 11.3 Å². The Morgan fingerprint density at radius 2 is 1.77 bits per heavy atom. The van der Waals surface area contributed by atoms with Gasteiger partial charge in [0.2, 0.25) is 0 Å². The summed E-state index contributed by atoms with van der Waals surface area (Å²) in [6.45, 7) is 1.51. The van der Waals surface area contributed by atoms with Crippen LogP contribution in [0.3, 0.4) is 0 Å². The number of nitrogens with zero attached hydrogens (tertiary/aromatic N) is 5. The summed E-state index contributed by atoms with van der Waals surface area (Å²) in [6.07, 6.45) is 2.48. The third-order valence-corrected chi connectivity index (χ3v) is 6.78. The van der Waals surface area contributed by atoms with Gasteiger partial charge in [0, 0.05) is 17.3 Å². The quantitative estimate of drug-likeness (QED) is 0.337. The van der Waals surface area contributed by atoms with E-state index in [0.717, 1.165) is 6.20 Å². The molecule has 6 rings (SSSR count). The second kappa shape index (κ2) is 9.41. The number of nitrogens with two attached hydrogens (primary N) is 1. The molecule has 1 atom stereocenters. The Balaban J connectivity index is 1.64. The Hall–Kier alpha value is -4.96. The van der Waals surface area contributed by atoms with E-state index in [1.54, 1.807) is 10.7 Å². The number of rotatable bonds is 5. The maximum absolute atomic E-state index is 14.4. The number of halogens is 2. The summed E-state index contributed by atoms with van der Waals surface area (Å²) in [5, 5.41) is 14.8. The van der Waals surface area contributed by atoms with Crippen molar-refractivity contribution >= 4 is 22.4 Å². The molecular weight excluding hydrogens is 502 g/mol. The first-order chi connectivity index (χ1) is 18.9. The molecule has 2 aromatic carbocycles. The number of aliphatic hydroxyl groups is 1. The van der Waals surface area contributed by atoms with Gasteiger partial charge in [-0.15, -0.1) is 0 Å². The SMILES string of the molecule is CC(c1cc2ccc(F)cn2c(=O)c1-c1ccccc1)n1nc(-c2cc(F)cc(CO)c2)c2c(N)ncnc21. The Labute approximate surface area is 220 Å². The first kappa shape index (κ1) is 24.4. The van der Waals surface area contributed by atoms with Crippen molar-refractivity contribution in [2.45, 2.75) is 19.6 Å². The highest BCUT2D eigenvalue weighted by atomic mass is 19.1. The standard InChI is InChI=1S/C29H22F2N6O2/c1-16(23-12-22-8-7-20(30)13-36(22)29(39)24(23)18-5-3-2-4-6-18)37-28-25(27(32)33-15-34-28)26(35-37)19-9-17(14-38)10-21(31)11-19/h2-13,15-16,38H,14H2,1H3,(H2,32,33,34). The van der Waals surface area contributed by atoms with Crippen molar-refractivity contribution in [2.24, 2.45) is 0 Å². The average Bonchev–Trinajstić information content (AvgIpc) is 3.34. The van der Waals surface area contributed by atoms with Crippen LogP contribution in [-0.2, 0) is 6.61 Å². The molecular formula is C29H22F2N6O2. The van der Waals surface area contributed by atoms with Gasteiger partial charge in [0.1, 0.15) is 29.5 Å². The highest BCUT2D eigenvalue weighted by Gasteiger charge is 2.25. The van der Waals surface area contributed by atoms with Gasteiger partial charge < -0.3 is 10.8 Å². The van der Waals surface area contributed by atoms with E-state index in [1.807, 2.05) is 43.3 Å². The fraction of sp³-hybridized carbons (Fsp3) is 0.103. The molecule has 10 heteroatoms. The molecule has 0 bridgehead atoms. The van der Waals surface area contributed by atoms with Crippen LogP contribution in [0.15, 0.2) is 84.0 Å². The number of nitrogen functional groups attached to an aromatic ring is 1. The van der Waals surface area contributed by atoms with Crippen molar-refractivity contribution in [3.05, 3.63) is 112 Å². The van der Waals surface area contributed by atoms with E-state index in [2.05, 4.69) is 9.97 Å². The third-order valence-electron chi connectivity index (χ3n) is 6.78. The van der Waals surface area contributed by atoms with Gasteiger partial charge in [-0.05, 0) is 60.0 Å². The monoisotopic (exact) mass is 524 g/mol. The molecule has 0 spiro atoms. The summed E-state index contributed by atoms with van der Waals surface area (Å²) in [6, 6.07) is 17.4. The third kappa shape index (κ3) is 4.11. The molecule has 0 saturated carbocycles. The zero-order valence-corrected chi connectivity index (χ0v) is 20.7. The number of pyridine rings is 2. The zero-order chi connectivity index (χ0) is 27.3. The van der Waals surface area contributed by atoms with Crippen LogP contribution in [0, 0.1) is 11.6 Å². The van der Waals surface area contributed by atoms with E-state index in [1.165, 1.54) is 35.0 Å². The number of hydrogen-bond acceptors (Lipinski definition) is 6. The minimum absolute atomic E-state index is 0.153. The lowest BCUT2D eigenvalue weighted by Crippen LogP contribution is -2.21. The molecule has 8 nitrogen and oxygen atoms in total. The van der Waals surface area contributed by atoms with E-state index < -0.39 is 17.7 Å². The summed E-state index contributed by atoms with van der Waals surface area (Å²) >= 11 is 0. The molecule has 0 aliphatic heterocycles. The van der Waals surface area contributed by atoms with Gasteiger partial charge in [-0.25, -0.2) is 23.4 Å². The number of benzene rings is 2. The van der Waals surface area contributed by atoms with Gasteiger partial charge in [0.05, 0.1) is 23.6 Å². The minimum atomic E-state index is -0.556. The smallest absolute Gasteiger partial charge is 0.263 e. The molecule has 1 unspecified atom stereocenters. The van der Waals surface area contributed by atoms with Crippen molar-refractivity contribution < 1.29 is 13.9 Å². The number of hydrogen-bond donors (Lipinski definition) is 2. The molecule has 39 heavy (non-hydrogen) atoms. The van der Waals surface area contributed by atoms with Crippen LogP contribution in [-0.4, -0.2) is 29.3 Å². The van der Waals surface area contributed by atoms with Gasteiger partial charge in [-0.3, -0.25) is 9.20 Å². The minimum Gasteiger partial charge on any atom is -0.392 e. The van der Waals surface area contributed by atoms with Gasteiger partial charge in [0.25, 0.3) is 5.56 Å². The zero-order valence-electron chi connectivity index (χ0n) is 20.7. The summed E-state index contributed by atoms with van der Waals surface area (Å²) in [5.74, 6) is -0.916. The highest BCUT2D eigenvalue weighted by molar-refractivity contribution is 5.98. The summed E-state index contributed by atoms with van der Waals surface area (Å²) < 4.78 is 31.4. The van der Waals surface area contributed by atoms with Gasteiger partial charge in [0.15, 0.2) is 5.65 Å². The van der Waals surface area contributed by atoms with E-state index >= 15 is 0 Å². The Morgan fingerprint density at radius 3 is 2.54 bits per heavy atom. The van der Waals surface area contributed by atoms with Crippen LogP contribution in [0.2, 0.25) is 0 Å². The van der Waals surface area contributed by atoms with Crippen LogP contribution in [0.4, 0.5) is 14.6 Å². The number of aliphatic hydroxyl groups excluding tert-OH is 1. The molecule has 3 N–H and O–H groups in total. The van der Waals surface area contributed by atoms with Crippen LogP contribution in [0.5, 0.6) is 0 Å². The van der Waals surface area contributed by atoms with E-state index in [9.17, 15) is 18.7 Å². The number of anilines is 1. The Bertz CT molecular complexity index is 1930. The topological polar surface area (TPSA) is 111 Å². The Morgan fingerprint density at radius 1 is 0.974 bits per heavy atom. The molecule has 6 aromatic rings. The van der Waals surface area contributed by atoms with Gasteiger partial charge >= 0.3 is 0 Å². The summed E-state index contributed by atoms with van der Waals surface area (Å²) in [4.78, 5) is 22.3. The normalized spacial score (nSPS) is 12.3. The first-order valence-corrected chi connectivity index (χ1v) is 12.2. The average molecular weight is 525 g/mol. The fourth-order valence-electron chi connectivity index (χ4n) is 4.96. The predicted molar refractivity (Wildman–Crippen MR) is 144 cm³/mol. The summed E-state index contributed by atoms with van der Waals surface area (Å²) in [5.41, 5.74) is 9.53. The van der Waals surface area contributed by atoms with Crippen molar-refractivity contribution in [3.8, 4) is 22.4 Å². The maximum Gasteiger partial charge on any atom is 0.263 e. The number of fused-ring (bicyclic) bond motifs is 2. The van der Waals surface area contributed by atoms with E-state index in [0.29, 0.717) is 50.1 Å². The van der Waals surface area contributed by atoms with Crippen LogP contribution >= 0.6 is 0 Å². The highest BCUT2D eigenvalue weighted by Crippen LogP contribution is 2.36. The molecule has 194 valence electrons. The van der Waals surface area contributed by atoms with E-state index in [4.69, 9.17) is 10.8 Å². The Kier molecular flexibility index (Phi) is 5.88. The lowest BCUT2D eigenvalue weighted by atomic mass is 9.96. The second-order valence-electron chi connectivity index (χ2n) is 9.22. The maximum atomic E-state index is 14.4. The van der Waals surface area contributed by atoms with Crippen molar-refractivity contribution in [1.82, 2.24) is 24.1 Å². The van der Waals surface area contributed by atoms with Crippen molar-refractivity contribution in [2.75, 3.05) is 5.73 Å². The fourth-order valence-corrected chi connectivity index (χ4v) is 4.96. The molecule has 0 radical (unpaired) electrons. The lowest BCUT2D eigenvalue weighted by molar-refractivity contribution is 0.281. The van der Waals surface area contributed by atoms with Crippen LogP contribution in [0.25, 0.3) is 38.9 Å². The summed E-state index contributed by atoms with van der Waals surface area (Å²) in [7, 11) is 0. The van der Waals surface area contributed by atoms with Crippen molar-refractivity contribution in [1.29, 1.82) is 0 Å². The molecule has 0 saturated heterocycles. The first-order valence-electron chi connectivity index (χ1n) is 12.2. The number of aromatic nitrogens is 5. The molecule has 0 aliphatic rings. The molecule has 4 aromatic heterocycles. The van der Waals surface area contributed by atoms with Gasteiger partial charge in [-0.2, -0.15) is 5.10 Å². The van der Waals surface area contributed by atoms with Crippen LogP contribution in [0.1, 0.15) is 24.1 Å². The molecule has 4 heterocycles. The predicted octanol–water partition coefficient (Wildman–Crippen LogP) is 4.74. The second-order valence-corrected chi connectivity index (χ2v) is 9.22. The van der Waals surface area contributed by atoms with E-state index in [-0.39, 0.29) is 18.0 Å². The lowest BCUT2D eigenvalue weighted by Gasteiger charge is -2.19. The molecule has 0 fully saturated rings. The molecule has 0 aliphatic carbocycles. The van der Waals surface area contributed by atoms with Gasteiger partial charge in [-0.1, -0.05) is 30.3 Å². The molecule has 0 amide bonds. The largest absolute Gasteiger partial charge is 0.392 e.